The van der Waals surface area contributed by atoms with E-state index in [-0.39, 0.29) is 21.8 Å². The Hall–Kier alpha value is -2.82. The predicted molar refractivity (Wildman–Crippen MR) is 125 cm³/mol. The first-order valence-corrected chi connectivity index (χ1v) is 12.4. The maximum absolute atomic E-state index is 12.5. The van der Waals surface area contributed by atoms with Gasteiger partial charge in [0.15, 0.2) is 0 Å². The number of anilines is 2. The van der Waals surface area contributed by atoms with Crippen LogP contribution in [0.2, 0.25) is 0 Å². The van der Waals surface area contributed by atoms with E-state index < -0.39 is 10.0 Å². The molecule has 0 radical (unpaired) electrons. The number of nitrogens with zero attached hydrogens (tertiary/aromatic N) is 1. The Balaban J connectivity index is 1.62. The minimum atomic E-state index is -3.61. The van der Waals surface area contributed by atoms with Crippen molar-refractivity contribution in [1.82, 2.24) is 4.90 Å². The molecule has 2 N–H and O–H groups in total. The number of sulfonamides is 1. The van der Waals surface area contributed by atoms with E-state index in [4.69, 9.17) is 0 Å². The van der Waals surface area contributed by atoms with Gasteiger partial charge in [-0.25, -0.2) is 8.42 Å². The highest BCUT2D eigenvalue weighted by Crippen LogP contribution is 2.28. The van der Waals surface area contributed by atoms with Crippen LogP contribution in [0.25, 0.3) is 0 Å². The fourth-order valence-corrected chi connectivity index (χ4v) is 5.33. The third-order valence-corrected chi connectivity index (χ3v) is 7.95. The zero-order valence-electron chi connectivity index (χ0n) is 16.9. The third-order valence-electron chi connectivity index (χ3n) is 4.05. The van der Waals surface area contributed by atoms with Gasteiger partial charge in [-0.15, -0.1) is 11.3 Å². The lowest BCUT2D eigenvalue weighted by Crippen LogP contribution is -2.18. The Morgan fingerprint density at radius 2 is 1.71 bits per heavy atom. The molecule has 31 heavy (non-hydrogen) atoms. The van der Waals surface area contributed by atoms with Gasteiger partial charge in [-0.1, -0.05) is 30.3 Å². The summed E-state index contributed by atoms with van der Waals surface area (Å²) < 4.78 is 27.3. The largest absolute Gasteiger partial charge is 0.339 e. The highest BCUT2D eigenvalue weighted by Gasteiger charge is 2.16. The average molecular weight is 476 g/mol. The van der Waals surface area contributed by atoms with E-state index in [1.165, 1.54) is 11.0 Å². The first-order valence-electron chi connectivity index (χ1n) is 9.18. The van der Waals surface area contributed by atoms with Gasteiger partial charge >= 0.3 is 0 Å². The van der Waals surface area contributed by atoms with Gasteiger partial charge in [0, 0.05) is 24.7 Å². The monoisotopic (exact) mass is 475 g/mol. The summed E-state index contributed by atoms with van der Waals surface area (Å²) >= 11 is 2.18. The summed E-state index contributed by atoms with van der Waals surface area (Å²) in [5, 5.41) is 4.40. The molecule has 0 bridgehead atoms. The highest BCUT2D eigenvalue weighted by atomic mass is 32.2. The molecule has 3 aromatic rings. The maximum atomic E-state index is 12.5. The first kappa shape index (κ1) is 22.9. The van der Waals surface area contributed by atoms with Gasteiger partial charge in [0.25, 0.3) is 15.3 Å². The van der Waals surface area contributed by atoms with Gasteiger partial charge in [-0.2, -0.15) is 0 Å². The van der Waals surface area contributed by atoms with Crippen LogP contribution in [0.3, 0.4) is 0 Å². The van der Waals surface area contributed by atoms with Crippen molar-refractivity contribution in [3.8, 4) is 0 Å². The number of carbonyl (C=O) groups is 2. The van der Waals surface area contributed by atoms with Crippen molar-refractivity contribution in [1.29, 1.82) is 0 Å². The van der Waals surface area contributed by atoms with Gasteiger partial charge in [0.2, 0.25) is 5.91 Å². The Bertz CT molecular complexity index is 1160. The van der Waals surface area contributed by atoms with Gasteiger partial charge in [0.05, 0.1) is 12.1 Å². The summed E-state index contributed by atoms with van der Waals surface area (Å²) in [6, 6.07) is 16.9. The number of thiophene rings is 1. The molecule has 1 heterocycles. The molecule has 2 aromatic carbocycles. The Morgan fingerprint density at radius 1 is 1.00 bits per heavy atom. The van der Waals surface area contributed by atoms with Gasteiger partial charge in [-0.3, -0.25) is 14.3 Å². The number of carbonyl (C=O) groups excluding carboxylic acids is 2. The number of para-hydroxylation sites is 1. The summed E-state index contributed by atoms with van der Waals surface area (Å²) in [6.45, 7) is 0. The molecule has 0 spiro atoms. The molecule has 10 heteroatoms. The number of thioether (sulfide) groups is 1. The SMILES string of the molecule is CN(C)C(=O)Sc1ccccc1NC(=O)Cc1ccc(NS(=O)(=O)c2cccs2)cc1. The van der Waals surface area contributed by atoms with Crippen LogP contribution in [-0.4, -0.2) is 38.6 Å². The predicted octanol–water partition coefficient (Wildman–Crippen LogP) is 4.50. The molecule has 0 aliphatic heterocycles. The van der Waals surface area contributed by atoms with Crippen molar-refractivity contribution in [3.63, 3.8) is 0 Å². The van der Waals surface area contributed by atoms with Crippen LogP contribution in [-0.2, 0) is 21.2 Å². The molecule has 3 rings (SSSR count). The summed E-state index contributed by atoms with van der Waals surface area (Å²) in [5.41, 5.74) is 1.71. The summed E-state index contributed by atoms with van der Waals surface area (Å²) in [6.07, 6.45) is 0.110. The van der Waals surface area contributed by atoms with Crippen LogP contribution in [0.15, 0.2) is 75.1 Å². The second kappa shape index (κ2) is 9.99. The minimum absolute atomic E-state index is 0.110. The van der Waals surface area contributed by atoms with Crippen LogP contribution in [0.5, 0.6) is 0 Å². The van der Waals surface area contributed by atoms with Crippen molar-refractivity contribution in [2.45, 2.75) is 15.5 Å². The molecule has 0 fully saturated rings. The van der Waals surface area contributed by atoms with E-state index in [0.717, 1.165) is 28.7 Å². The molecular formula is C21H21N3O4S3. The number of nitrogens with one attached hydrogen (secondary N) is 2. The molecule has 7 nitrogen and oxygen atoms in total. The van der Waals surface area contributed by atoms with E-state index in [9.17, 15) is 18.0 Å². The first-order chi connectivity index (χ1) is 14.7. The topological polar surface area (TPSA) is 95.6 Å². The number of amides is 2. The Morgan fingerprint density at radius 3 is 2.35 bits per heavy atom. The average Bonchev–Trinajstić information content (AvgIpc) is 3.26. The highest BCUT2D eigenvalue weighted by molar-refractivity contribution is 8.13. The quantitative estimate of drug-likeness (QED) is 0.491. The molecule has 0 saturated heterocycles. The number of rotatable bonds is 7. The smallest absolute Gasteiger partial charge is 0.286 e. The van der Waals surface area contributed by atoms with Crippen molar-refractivity contribution in [3.05, 3.63) is 71.6 Å². The fourth-order valence-electron chi connectivity index (χ4n) is 2.54. The molecule has 0 atom stereocenters. The molecule has 0 aliphatic rings. The van der Waals surface area contributed by atoms with E-state index in [1.807, 2.05) is 0 Å². The lowest BCUT2D eigenvalue weighted by atomic mass is 10.1. The second-order valence-corrected chi connectivity index (χ2v) is 10.6. The van der Waals surface area contributed by atoms with Gasteiger partial charge in [0.1, 0.15) is 4.21 Å². The molecule has 0 unspecified atom stereocenters. The molecule has 0 aliphatic carbocycles. The molecule has 2 amide bonds. The lowest BCUT2D eigenvalue weighted by molar-refractivity contribution is -0.115. The van der Waals surface area contributed by atoms with E-state index >= 15 is 0 Å². The Labute approximate surface area is 189 Å². The van der Waals surface area contributed by atoms with Crippen LogP contribution in [0.1, 0.15) is 5.56 Å². The fraction of sp³-hybridized carbons (Fsp3) is 0.143. The Kier molecular flexibility index (Phi) is 7.37. The zero-order valence-corrected chi connectivity index (χ0v) is 19.3. The van der Waals surface area contributed by atoms with Crippen molar-refractivity contribution in [2.24, 2.45) is 0 Å². The van der Waals surface area contributed by atoms with Crippen LogP contribution >= 0.6 is 23.1 Å². The van der Waals surface area contributed by atoms with Crippen molar-refractivity contribution in [2.75, 3.05) is 24.1 Å². The third kappa shape index (κ3) is 6.33. The second-order valence-electron chi connectivity index (χ2n) is 6.72. The van der Waals surface area contributed by atoms with Crippen LogP contribution in [0, 0.1) is 0 Å². The van der Waals surface area contributed by atoms with E-state index in [2.05, 4.69) is 10.0 Å². The molecule has 0 saturated carbocycles. The number of hydrogen-bond acceptors (Lipinski definition) is 6. The van der Waals surface area contributed by atoms with Gasteiger partial charge in [-0.05, 0) is 53.0 Å². The van der Waals surface area contributed by atoms with Crippen molar-refractivity contribution < 1.29 is 18.0 Å². The zero-order chi connectivity index (χ0) is 22.4. The van der Waals surface area contributed by atoms with Crippen LogP contribution < -0.4 is 10.0 Å². The van der Waals surface area contributed by atoms with Crippen LogP contribution in [0.4, 0.5) is 16.2 Å². The standard InChI is InChI=1S/C21H21N3O4S3/c1-24(2)21(26)30-18-7-4-3-6-17(18)22-19(25)14-15-9-11-16(12-10-15)23-31(27,28)20-8-5-13-29-20/h3-13,23H,14H2,1-2H3,(H,22,25). The number of benzene rings is 2. The molecule has 162 valence electrons. The summed E-state index contributed by atoms with van der Waals surface area (Å²) in [5.74, 6) is -0.239. The van der Waals surface area contributed by atoms with Gasteiger partial charge < -0.3 is 10.2 Å². The molecular weight excluding hydrogens is 454 g/mol. The minimum Gasteiger partial charge on any atom is -0.339 e. The van der Waals surface area contributed by atoms with E-state index in [1.54, 1.807) is 74.1 Å². The van der Waals surface area contributed by atoms with Crippen molar-refractivity contribution >= 4 is 55.6 Å². The summed E-state index contributed by atoms with van der Waals surface area (Å²) in [7, 11) is -0.277. The summed E-state index contributed by atoms with van der Waals surface area (Å²) in [4.78, 5) is 26.6. The normalized spacial score (nSPS) is 11.0. The number of hydrogen-bond donors (Lipinski definition) is 2. The van der Waals surface area contributed by atoms with E-state index in [0.29, 0.717) is 16.3 Å². The molecule has 1 aromatic heterocycles. The maximum Gasteiger partial charge on any atom is 0.286 e. The lowest BCUT2D eigenvalue weighted by Gasteiger charge is -2.13.